The van der Waals surface area contributed by atoms with Crippen LogP contribution in [0.3, 0.4) is 0 Å². The molecule has 0 radical (unpaired) electrons. The van der Waals surface area contributed by atoms with Gasteiger partial charge in [-0.3, -0.25) is 9.59 Å². The maximum Gasteiger partial charge on any atom is 0.339 e. The fourth-order valence-electron chi connectivity index (χ4n) is 2.78. The van der Waals surface area contributed by atoms with Crippen LogP contribution in [0.15, 0.2) is 24.3 Å². The molecule has 3 rings (SSSR count). The Hall–Kier alpha value is -1.67. The molecule has 3 N–H and O–H groups in total. The van der Waals surface area contributed by atoms with Crippen LogP contribution < -0.4 is 5.32 Å². The van der Waals surface area contributed by atoms with E-state index in [-0.39, 0.29) is 12.5 Å². The van der Waals surface area contributed by atoms with E-state index in [9.17, 15) is 18.4 Å². The van der Waals surface area contributed by atoms with E-state index in [4.69, 9.17) is 9.79 Å². The minimum Gasteiger partial charge on any atom is -0.346 e. The van der Waals surface area contributed by atoms with Crippen LogP contribution in [-0.2, 0) is 10.5 Å². The number of benzene rings is 1. The number of halogens is 2. The number of fused-ring (bicyclic) bond motifs is 1. The number of thiophene rings is 1. The third-order valence-corrected chi connectivity index (χ3v) is 6.07. The van der Waals surface area contributed by atoms with Crippen molar-refractivity contribution in [3.05, 3.63) is 34.7 Å². The summed E-state index contributed by atoms with van der Waals surface area (Å²) < 4.78 is 28.1. The zero-order valence-corrected chi connectivity index (χ0v) is 15.3. The number of amides is 2. The van der Waals surface area contributed by atoms with Gasteiger partial charge >= 0.3 is 5.66 Å². The van der Waals surface area contributed by atoms with Crippen LogP contribution in [0.4, 0.5) is 8.78 Å². The molecule has 6 nitrogen and oxygen atoms in total. The van der Waals surface area contributed by atoms with Crippen molar-refractivity contribution in [1.29, 1.82) is 0 Å². The minimum atomic E-state index is -3.74. The first-order valence-electron chi connectivity index (χ1n) is 7.95. The fourth-order valence-corrected chi connectivity index (χ4v) is 4.11. The third-order valence-electron chi connectivity index (χ3n) is 4.20. The van der Waals surface area contributed by atoms with E-state index in [0.717, 1.165) is 36.3 Å². The molecule has 0 aliphatic carbocycles. The molecule has 0 atom stereocenters. The summed E-state index contributed by atoms with van der Waals surface area (Å²) >= 11 is 1.12. The number of alkyl halides is 2. The lowest BCUT2D eigenvalue weighted by molar-refractivity contribution is -0.129. The summed E-state index contributed by atoms with van der Waals surface area (Å²) in [6, 6.07) is 5.11. The van der Waals surface area contributed by atoms with E-state index >= 15 is 0 Å². The summed E-state index contributed by atoms with van der Waals surface area (Å²) in [4.78, 5) is 43.9. The number of hydrogen-bond donors (Lipinski definition) is 3. The van der Waals surface area contributed by atoms with E-state index < -0.39 is 25.5 Å². The van der Waals surface area contributed by atoms with Crippen LogP contribution in [0.5, 0.6) is 0 Å². The van der Waals surface area contributed by atoms with Gasteiger partial charge in [0.25, 0.3) is 5.91 Å². The van der Waals surface area contributed by atoms with Gasteiger partial charge in [-0.1, -0.05) is 6.07 Å². The highest BCUT2D eigenvalue weighted by Crippen LogP contribution is 2.53. The number of likely N-dealkylation sites (tertiary alicyclic amines) is 1. The van der Waals surface area contributed by atoms with Crippen molar-refractivity contribution < 1.29 is 28.2 Å². The number of rotatable bonds is 5. The second kappa shape index (κ2) is 7.52. The van der Waals surface area contributed by atoms with E-state index in [0.29, 0.717) is 28.1 Å². The average Bonchev–Trinajstić information content (AvgIpc) is 3.27. The summed E-state index contributed by atoms with van der Waals surface area (Å²) in [5, 5.41) is 2.96. The summed E-state index contributed by atoms with van der Waals surface area (Å²) in [6.45, 7) is 1.30. The van der Waals surface area contributed by atoms with Gasteiger partial charge in [-0.15, -0.1) is 11.3 Å². The number of nitrogens with zero attached hydrogens (tertiary/aromatic N) is 1. The van der Waals surface area contributed by atoms with E-state index in [1.54, 1.807) is 4.90 Å². The smallest absolute Gasteiger partial charge is 0.339 e. The van der Waals surface area contributed by atoms with Crippen LogP contribution >= 0.6 is 19.7 Å². The molecule has 140 valence electrons. The highest BCUT2D eigenvalue weighted by Gasteiger charge is 2.41. The first kappa shape index (κ1) is 19.1. The Morgan fingerprint density at radius 3 is 2.58 bits per heavy atom. The Kier molecular flexibility index (Phi) is 5.53. The predicted molar refractivity (Wildman–Crippen MR) is 95.2 cm³/mol. The van der Waals surface area contributed by atoms with Gasteiger partial charge in [-0.05, 0) is 36.4 Å². The molecular formula is C16H17F2N2O4PS. The molecule has 26 heavy (non-hydrogen) atoms. The molecule has 0 bridgehead atoms. The third kappa shape index (κ3) is 3.86. The number of nitrogens with one attached hydrogen (secondary N) is 1. The molecule has 0 unspecified atom stereocenters. The molecular weight excluding hydrogens is 385 g/mol. The second-order valence-corrected chi connectivity index (χ2v) is 8.19. The fraction of sp³-hybridized carbons (Fsp3) is 0.375. The Morgan fingerprint density at radius 1 is 1.23 bits per heavy atom. The van der Waals surface area contributed by atoms with E-state index in [1.165, 1.54) is 12.1 Å². The van der Waals surface area contributed by atoms with Crippen molar-refractivity contribution in [2.45, 2.75) is 18.5 Å². The zero-order chi connectivity index (χ0) is 18.9. The predicted octanol–water partition coefficient (Wildman–Crippen LogP) is 2.60. The van der Waals surface area contributed by atoms with Gasteiger partial charge in [0, 0.05) is 23.4 Å². The molecule has 1 aromatic carbocycles. The lowest BCUT2D eigenvalue weighted by Crippen LogP contribution is -2.38. The average molecular weight is 402 g/mol. The first-order valence-corrected chi connectivity index (χ1v) is 10.0. The molecule has 1 aliphatic rings. The Balaban J connectivity index is 1.72. The van der Waals surface area contributed by atoms with Crippen LogP contribution in [-0.4, -0.2) is 46.1 Å². The molecule has 2 aromatic rings. The Morgan fingerprint density at radius 2 is 1.92 bits per heavy atom. The number of hydrogen-bond acceptors (Lipinski definition) is 5. The van der Waals surface area contributed by atoms with Gasteiger partial charge in [-0.2, -0.15) is 8.78 Å². The monoisotopic (exact) mass is 402 g/mol. The lowest BCUT2D eigenvalue weighted by Gasteiger charge is -2.17. The summed E-state index contributed by atoms with van der Waals surface area (Å²) in [5.74, 6) is -0.586. The molecule has 2 heterocycles. The molecule has 1 fully saturated rings. The quantitative estimate of drug-likeness (QED) is 0.671. The lowest BCUT2D eigenvalue weighted by atomic mass is 10.1. The second-order valence-electron chi connectivity index (χ2n) is 5.96. The van der Waals surface area contributed by atoms with E-state index in [2.05, 4.69) is 5.32 Å². The minimum absolute atomic E-state index is 0.101. The van der Waals surface area contributed by atoms with Crippen molar-refractivity contribution in [2.75, 3.05) is 19.6 Å². The number of carbonyl (C=O) groups excluding carboxylic acids is 2. The molecule has 0 saturated carbocycles. The first-order chi connectivity index (χ1) is 12.3. The Bertz CT molecular complexity index is 837. The molecule has 1 aromatic heterocycles. The summed E-state index contributed by atoms with van der Waals surface area (Å²) in [5.41, 5.74) is -4.26. The number of carbonyl (C=O) groups is 2. The molecule has 1 saturated heterocycles. The SMILES string of the molecule is O=C(NCC(=O)N1CCCC1)c1cc2cc(C(F)(F)P(O)O)ccc2s1. The van der Waals surface area contributed by atoms with Gasteiger partial charge in [0.05, 0.1) is 11.4 Å². The maximum absolute atomic E-state index is 13.7. The summed E-state index contributed by atoms with van der Waals surface area (Å²) in [6.07, 6.45) is 1.93. The van der Waals surface area contributed by atoms with Crippen LogP contribution in [0.25, 0.3) is 10.1 Å². The van der Waals surface area contributed by atoms with Gasteiger partial charge in [0.15, 0.2) is 0 Å². The standard InChI is InChI=1S/C16H17F2N2O4PS/c17-16(18,25(23)24)11-3-4-12-10(7-11)8-13(26-12)15(22)19-9-14(21)20-5-1-2-6-20/h3-4,7-8,23-24H,1-2,5-6,9H2,(H,19,22). The van der Waals surface area contributed by atoms with Crippen LogP contribution in [0, 0.1) is 0 Å². The highest BCUT2D eigenvalue weighted by atomic mass is 32.1. The van der Waals surface area contributed by atoms with Gasteiger partial charge in [0.2, 0.25) is 14.3 Å². The van der Waals surface area contributed by atoms with Gasteiger partial charge in [0.1, 0.15) is 0 Å². The van der Waals surface area contributed by atoms with Crippen molar-refractivity contribution in [1.82, 2.24) is 10.2 Å². The molecule has 2 amide bonds. The molecule has 0 spiro atoms. The Labute approximate surface area is 153 Å². The van der Waals surface area contributed by atoms with Gasteiger partial charge < -0.3 is 20.0 Å². The maximum atomic E-state index is 13.7. The van der Waals surface area contributed by atoms with Crippen molar-refractivity contribution in [3.8, 4) is 0 Å². The molecule has 10 heteroatoms. The van der Waals surface area contributed by atoms with Crippen molar-refractivity contribution in [3.63, 3.8) is 0 Å². The topological polar surface area (TPSA) is 89.9 Å². The normalized spacial score (nSPS) is 15.0. The zero-order valence-electron chi connectivity index (χ0n) is 13.6. The highest BCUT2D eigenvalue weighted by molar-refractivity contribution is 7.46. The van der Waals surface area contributed by atoms with Crippen molar-refractivity contribution >= 4 is 41.6 Å². The van der Waals surface area contributed by atoms with Crippen LogP contribution in [0.2, 0.25) is 0 Å². The van der Waals surface area contributed by atoms with Gasteiger partial charge in [-0.25, -0.2) is 0 Å². The summed E-state index contributed by atoms with van der Waals surface area (Å²) in [7, 11) is -3.45. The van der Waals surface area contributed by atoms with Crippen molar-refractivity contribution in [2.24, 2.45) is 0 Å². The van der Waals surface area contributed by atoms with E-state index in [1.807, 2.05) is 0 Å². The van der Waals surface area contributed by atoms with Crippen LogP contribution in [0.1, 0.15) is 28.1 Å². The largest absolute Gasteiger partial charge is 0.346 e. The molecule has 1 aliphatic heterocycles.